The van der Waals surface area contributed by atoms with Crippen LogP contribution in [-0.2, 0) is 4.57 Å². The lowest BCUT2D eigenvalue weighted by Crippen LogP contribution is -2.11. The molecule has 0 aromatic carbocycles. The minimum Gasteiger partial charge on any atom is -0.291 e. The van der Waals surface area contributed by atoms with Gasteiger partial charge in [0.15, 0.2) is 0 Å². The highest BCUT2D eigenvalue weighted by Gasteiger charge is 2.36. The first-order chi connectivity index (χ1) is 7.93. The van der Waals surface area contributed by atoms with Crippen LogP contribution in [0.5, 0.6) is 0 Å². The van der Waals surface area contributed by atoms with Gasteiger partial charge in [0.1, 0.15) is 0 Å². The van der Waals surface area contributed by atoms with Gasteiger partial charge in [-0.05, 0) is 36.5 Å². The number of hydrogen-bond acceptors (Lipinski definition) is 1. The van der Waals surface area contributed by atoms with Crippen molar-refractivity contribution in [2.45, 2.75) is 59.3 Å². The third-order valence-electron chi connectivity index (χ3n) is 3.14. The van der Waals surface area contributed by atoms with Gasteiger partial charge in [-0.1, -0.05) is 64.5 Å². The van der Waals surface area contributed by atoms with Gasteiger partial charge in [0.05, 0.1) is 0 Å². The van der Waals surface area contributed by atoms with Crippen LogP contribution in [-0.4, -0.2) is 17.3 Å². The topological polar surface area (TPSA) is 17.1 Å². The molecule has 0 saturated heterocycles. The smallest absolute Gasteiger partial charge is 0.221 e. The molecule has 0 heterocycles. The number of thiol groups is 2. The van der Waals surface area contributed by atoms with E-state index in [-0.39, 0.29) is 0 Å². The molecule has 0 atom stereocenters. The second-order valence-corrected chi connectivity index (χ2v) is 18.7. The van der Waals surface area contributed by atoms with Gasteiger partial charge < -0.3 is 0 Å². The fraction of sp³-hybridized carbons (Fsp3) is 1.00. The average molecular weight is 317 g/mol. The lowest BCUT2D eigenvalue weighted by molar-refractivity contribution is 0.601. The van der Waals surface area contributed by atoms with Crippen molar-refractivity contribution in [3.8, 4) is 0 Å². The Morgan fingerprint density at radius 3 is 1.29 bits per heavy atom. The molecule has 0 N–H and O–H groups in total. The zero-order valence-corrected chi connectivity index (χ0v) is 15.0. The van der Waals surface area contributed by atoms with Crippen LogP contribution in [0.2, 0.25) is 0 Å². The maximum Gasteiger partial charge on any atom is 0.221 e. The SMILES string of the molecule is CCCCS(CCCC)(CCCC)P(=O)(S)S. The Morgan fingerprint density at radius 1 is 0.824 bits per heavy atom. The fourth-order valence-electron chi connectivity index (χ4n) is 1.90. The molecule has 106 valence electrons. The van der Waals surface area contributed by atoms with E-state index in [2.05, 4.69) is 45.3 Å². The number of hydrogen-bond donors (Lipinski definition) is 2. The molecule has 0 unspecified atom stereocenters. The lowest BCUT2D eigenvalue weighted by Gasteiger charge is -2.42. The number of unbranched alkanes of at least 4 members (excludes halogenated alkanes) is 3. The highest BCUT2D eigenvalue weighted by Crippen LogP contribution is 2.87. The molecule has 0 saturated carbocycles. The van der Waals surface area contributed by atoms with E-state index in [4.69, 9.17) is 0 Å². The third-order valence-corrected chi connectivity index (χ3v) is 18.2. The zero-order valence-electron chi connectivity index (χ0n) is 11.5. The maximum absolute atomic E-state index is 12.5. The molecular weight excluding hydrogens is 287 g/mol. The minimum atomic E-state index is -2.52. The standard InChI is InChI=1S/C12H29OPS3/c1-4-7-10-17(11-8-5-2,12-9-6-3)14(13,15)16/h4-12H2,1-3H3,(H2,13,15,16). The predicted octanol–water partition coefficient (Wildman–Crippen LogP) is 6.16. The van der Waals surface area contributed by atoms with Crippen molar-refractivity contribution in [2.24, 2.45) is 0 Å². The van der Waals surface area contributed by atoms with Crippen molar-refractivity contribution < 1.29 is 4.57 Å². The Kier molecular flexibility index (Phi) is 9.92. The molecule has 0 aromatic heterocycles. The van der Waals surface area contributed by atoms with Crippen LogP contribution in [0.4, 0.5) is 0 Å². The molecule has 0 aliphatic rings. The molecule has 17 heavy (non-hydrogen) atoms. The van der Waals surface area contributed by atoms with Crippen LogP contribution in [0.15, 0.2) is 0 Å². The second kappa shape index (κ2) is 9.23. The van der Waals surface area contributed by atoms with Crippen molar-refractivity contribution in [1.82, 2.24) is 0 Å². The van der Waals surface area contributed by atoms with Gasteiger partial charge >= 0.3 is 0 Å². The summed E-state index contributed by atoms with van der Waals surface area (Å²) in [6.45, 7) is 6.60. The van der Waals surface area contributed by atoms with Crippen molar-refractivity contribution in [3.05, 3.63) is 0 Å². The average Bonchev–Trinajstić information content (AvgIpc) is 2.27. The van der Waals surface area contributed by atoms with Crippen LogP contribution in [0.25, 0.3) is 0 Å². The summed E-state index contributed by atoms with van der Waals surface area (Å²) < 4.78 is 10.00. The summed E-state index contributed by atoms with van der Waals surface area (Å²) in [6, 6.07) is 0. The van der Waals surface area contributed by atoms with E-state index in [1.807, 2.05) is 0 Å². The summed E-state index contributed by atoms with van der Waals surface area (Å²) in [6.07, 6.45) is 7.05. The van der Waals surface area contributed by atoms with Crippen LogP contribution in [0, 0.1) is 0 Å². The van der Waals surface area contributed by atoms with Crippen LogP contribution in [0.1, 0.15) is 59.3 Å². The highest BCUT2D eigenvalue weighted by atomic mass is 33.4. The minimum absolute atomic E-state index is 1.10. The summed E-state index contributed by atoms with van der Waals surface area (Å²) in [5.41, 5.74) is 0. The van der Waals surface area contributed by atoms with Crippen molar-refractivity contribution in [1.29, 1.82) is 0 Å². The Bertz CT molecular complexity index is 218. The van der Waals surface area contributed by atoms with Gasteiger partial charge in [-0.3, -0.25) is 4.57 Å². The molecule has 1 nitrogen and oxygen atoms in total. The van der Waals surface area contributed by atoms with E-state index in [0.29, 0.717) is 0 Å². The van der Waals surface area contributed by atoms with Gasteiger partial charge in [-0.2, -0.15) is 9.65 Å². The summed E-state index contributed by atoms with van der Waals surface area (Å²) in [5, 5.41) is 0. The molecule has 0 aliphatic heterocycles. The molecule has 0 rings (SSSR count). The molecule has 0 aliphatic carbocycles. The largest absolute Gasteiger partial charge is 0.291 e. The highest BCUT2D eigenvalue weighted by molar-refractivity contribution is 9.17. The molecule has 5 heteroatoms. The summed E-state index contributed by atoms with van der Waals surface area (Å²) >= 11 is 8.82. The zero-order chi connectivity index (χ0) is 13.4. The normalized spacial score (nSPS) is 13.9. The van der Waals surface area contributed by atoms with Gasteiger partial charge in [0.2, 0.25) is 4.75 Å². The van der Waals surface area contributed by atoms with Gasteiger partial charge in [0, 0.05) is 0 Å². The van der Waals surface area contributed by atoms with E-state index in [9.17, 15) is 4.57 Å². The Hall–Kier alpha value is 1.28. The summed E-state index contributed by atoms with van der Waals surface area (Å²) in [4.78, 5) is 0. The molecule has 0 spiro atoms. The van der Waals surface area contributed by atoms with Crippen molar-refractivity contribution >= 4 is 38.9 Å². The van der Waals surface area contributed by atoms with Crippen molar-refractivity contribution in [3.63, 3.8) is 0 Å². The van der Waals surface area contributed by atoms with E-state index >= 15 is 0 Å². The molecular formula is C12H29OPS3. The quantitative estimate of drug-likeness (QED) is 0.364. The first-order valence-corrected chi connectivity index (χ1v) is 13.5. The molecule has 0 amide bonds. The van der Waals surface area contributed by atoms with Crippen LogP contribution < -0.4 is 0 Å². The van der Waals surface area contributed by atoms with Gasteiger partial charge in [0.25, 0.3) is 0 Å². The first kappa shape index (κ1) is 18.3. The molecule has 0 radical (unpaired) electrons. The van der Waals surface area contributed by atoms with Crippen LogP contribution in [0.3, 0.4) is 0 Å². The van der Waals surface area contributed by atoms with E-state index in [1.54, 1.807) is 0 Å². The summed E-state index contributed by atoms with van der Waals surface area (Å²) in [5.74, 6) is 3.31. The summed E-state index contributed by atoms with van der Waals surface area (Å²) in [7, 11) is -1.12. The van der Waals surface area contributed by atoms with Gasteiger partial charge in [-0.25, -0.2) is 0 Å². The predicted molar refractivity (Wildman–Crippen MR) is 92.5 cm³/mol. The number of rotatable bonds is 10. The molecule has 0 fully saturated rings. The third kappa shape index (κ3) is 6.31. The van der Waals surface area contributed by atoms with E-state index < -0.39 is 14.4 Å². The Labute approximate surface area is 120 Å². The van der Waals surface area contributed by atoms with Crippen LogP contribution >= 0.6 is 38.9 Å². The van der Waals surface area contributed by atoms with E-state index in [0.717, 1.165) is 17.3 Å². The first-order valence-electron chi connectivity index (χ1n) is 6.75. The Balaban J connectivity index is 4.85. The molecule has 0 bridgehead atoms. The lowest BCUT2D eigenvalue weighted by atomic mass is 10.4. The molecule has 0 aromatic rings. The van der Waals surface area contributed by atoms with E-state index in [1.165, 1.54) is 38.5 Å². The van der Waals surface area contributed by atoms with Gasteiger partial charge in [-0.15, -0.1) is 0 Å². The Morgan fingerprint density at radius 2 is 1.12 bits per heavy atom. The monoisotopic (exact) mass is 316 g/mol. The second-order valence-electron chi connectivity index (χ2n) is 4.66. The fourth-order valence-corrected chi connectivity index (χ4v) is 13.4. The van der Waals surface area contributed by atoms with Crippen molar-refractivity contribution in [2.75, 3.05) is 17.3 Å². The maximum atomic E-state index is 12.5.